The van der Waals surface area contributed by atoms with Crippen LogP contribution < -0.4 is 5.73 Å². The Hall–Kier alpha value is -2.55. The molecule has 126 valence electrons. The van der Waals surface area contributed by atoms with Gasteiger partial charge in [-0.1, -0.05) is 37.6 Å². The predicted octanol–water partition coefficient (Wildman–Crippen LogP) is 5.60. The second-order valence-corrected chi connectivity index (χ2v) is 7.61. The molecule has 2 aromatic carbocycles. The van der Waals surface area contributed by atoms with Gasteiger partial charge in [0.2, 0.25) is 0 Å². The molecular weight excluding hydrogens is 306 g/mol. The topological polar surface area (TPSA) is 54.7 Å². The minimum absolute atomic E-state index is 0.455. The average molecular weight is 329 g/mol. The summed E-state index contributed by atoms with van der Waals surface area (Å²) in [4.78, 5) is 8.46. The molecular formula is C22H23N3. The van der Waals surface area contributed by atoms with Crippen LogP contribution in [0.3, 0.4) is 0 Å². The molecule has 1 aromatic heterocycles. The Morgan fingerprint density at radius 1 is 1.28 bits per heavy atom. The van der Waals surface area contributed by atoms with Crippen molar-refractivity contribution in [2.24, 2.45) is 0 Å². The van der Waals surface area contributed by atoms with Crippen LogP contribution in [-0.2, 0) is 0 Å². The van der Waals surface area contributed by atoms with Crippen LogP contribution in [0.5, 0.6) is 0 Å². The molecule has 0 amide bonds. The van der Waals surface area contributed by atoms with Crippen LogP contribution in [0.15, 0.2) is 35.9 Å². The smallest absolute Gasteiger partial charge is 0.140 e. The van der Waals surface area contributed by atoms with E-state index in [1.54, 1.807) is 5.57 Å². The van der Waals surface area contributed by atoms with E-state index >= 15 is 0 Å². The number of nitrogen functional groups attached to an aromatic ring is 1. The first-order valence-corrected chi connectivity index (χ1v) is 9.26. The molecule has 3 aromatic rings. The quantitative estimate of drug-likeness (QED) is 0.614. The number of hydrogen-bond donors (Lipinski definition) is 2. The number of imidazole rings is 1. The fourth-order valence-corrected chi connectivity index (χ4v) is 4.31. The lowest BCUT2D eigenvalue weighted by Gasteiger charge is -2.35. The zero-order chi connectivity index (χ0) is 17.1. The molecule has 3 aliphatic rings. The standard InChI is InChI=1S/C22H23N3/c1-3-12(2)16-5-4-6-18(23)21(16)22-24-19-10-15-9-13-7-14(8-13)17(15)11-20(19)25-22/h4-6,9-12,14H,3,7-8,23H2,1-2H3,(H,24,25). The Bertz CT molecular complexity index is 1020. The van der Waals surface area contributed by atoms with E-state index in [0.29, 0.717) is 11.8 Å². The highest BCUT2D eigenvalue weighted by molar-refractivity contribution is 5.87. The van der Waals surface area contributed by atoms with Gasteiger partial charge in [0.25, 0.3) is 0 Å². The number of hydrogen-bond acceptors (Lipinski definition) is 2. The molecule has 0 spiro atoms. The highest BCUT2D eigenvalue weighted by Crippen LogP contribution is 2.49. The summed E-state index contributed by atoms with van der Waals surface area (Å²) in [5, 5.41) is 0. The number of H-pyrrole nitrogens is 1. The Morgan fingerprint density at radius 2 is 2.12 bits per heavy atom. The number of fused-ring (bicyclic) bond motifs is 1. The Labute approximate surface area is 148 Å². The monoisotopic (exact) mass is 329 g/mol. The van der Waals surface area contributed by atoms with Crippen molar-refractivity contribution in [2.75, 3.05) is 5.73 Å². The summed E-state index contributed by atoms with van der Waals surface area (Å²) >= 11 is 0. The normalized spacial score (nSPS) is 17.1. The number of rotatable bonds is 3. The fraction of sp³-hybridized carbons (Fsp3) is 0.318. The van der Waals surface area contributed by atoms with Gasteiger partial charge in [-0.15, -0.1) is 0 Å². The minimum atomic E-state index is 0.455. The maximum Gasteiger partial charge on any atom is 0.140 e. The fourth-order valence-electron chi connectivity index (χ4n) is 4.31. The first-order chi connectivity index (χ1) is 12.1. The highest BCUT2D eigenvalue weighted by Gasteiger charge is 2.31. The van der Waals surface area contributed by atoms with Crippen molar-refractivity contribution in [2.45, 2.75) is 44.9 Å². The summed E-state index contributed by atoms with van der Waals surface area (Å²) in [6.07, 6.45) is 5.91. The number of anilines is 1. The van der Waals surface area contributed by atoms with E-state index in [-0.39, 0.29) is 0 Å². The molecule has 3 N–H and O–H groups in total. The Kier molecular flexibility index (Phi) is 3.08. The van der Waals surface area contributed by atoms with Crippen molar-refractivity contribution in [3.63, 3.8) is 0 Å². The van der Waals surface area contributed by atoms with Crippen LogP contribution in [-0.4, -0.2) is 9.97 Å². The number of nitrogens with zero attached hydrogens (tertiary/aromatic N) is 1. The lowest BCUT2D eigenvalue weighted by Crippen LogP contribution is -2.18. The molecule has 3 heteroatoms. The summed E-state index contributed by atoms with van der Waals surface area (Å²) in [6.45, 7) is 4.46. The lowest BCUT2D eigenvalue weighted by atomic mass is 9.69. The Balaban J connectivity index is 1.69. The third-order valence-corrected chi connectivity index (χ3v) is 6.01. The molecule has 1 atom stereocenters. The van der Waals surface area contributed by atoms with E-state index in [1.165, 1.54) is 29.5 Å². The average Bonchev–Trinajstić information content (AvgIpc) is 2.99. The second-order valence-electron chi connectivity index (χ2n) is 7.61. The van der Waals surface area contributed by atoms with Crippen molar-refractivity contribution >= 4 is 22.8 Å². The van der Waals surface area contributed by atoms with Crippen molar-refractivity contribution in [3.8, 4) is 11.4 Å². The van der Waals surface area contributed by atoms with E-state index in [0.717, 1.165) is 34.5 Å². The third-order valence-electron chi connectivity index (χ3n) is 6.01. The number of nitrogens with two attached hydrogens (primary N) is 1. The van der Waals surface area contributed by atoms with E-state index in [4.69, 9.17) is 10.7 Å². The molecule has 0 saturated heterocycles. The van der Waals surface area contributed by atoms with Gasteiger partial charge in [-0.05, 0) is 66.0 Å². The largest absolute Gasteiger partial charge is 0.398 e. The summed E-state index contributed by atoms with van der Waals surface area (Å²) in [5.74, 6) is 2.06. The van der Waals surface area contributed by atoms with E-state index in [1.807, 2.05) is 12.1 Å². The zero-order valence-electron chi connectivity index (χ0n) is 14.8. The van der Waals surface area contributed by atoms with Crippen LogP contribution in [0.2, 0.25) is 0 Å². The summed E-state index contributed by atoms with van der Waals surface area (Å²) in [5.41, 5.74) is 16.0. The zero-order valence-corrected chi connectivity index (χ0v) is 14.8. The first kappa shape index (κ1) is 14.8. The van der Waals surface area contributed by atoms with E-state index < -0.39 is 0 Å². The van der Waals surface area contributed by atoms with Gasteiger partial charge < -0.3 is 10.7 Å². The van der Waals surface area contributed by atoms with Crippen LogP contribution >= 0.6 is 0 Å². The summed E-state index contributed by atoms with van der Waals surface area (Å²) < 4.78 is 0. The van der Waals surface area contributed by atoms with Crippen molar-refractivity contribution in [3.05, 3.63) is 52.6 Å². The molecule has 3 aliphatic carbocycles. The Morgan fingerprint density at radius 3 is 2.92 bits per heavy atom. The molecule has 0 radical (unpaired) electrons. The van der Waals surface area contributed by atoms with Crippen LogP contribution in [0.25, 0.3) is 28.5 Å². The minimum Gasteiger partial charge on any atom is -0.398 e. The maximum absolute atomic E-state index is 6.35. The molecule has 2 bridgehead atoms. The number of aromatic amines is 1. The summed E-state index contributed by atoms with van der Waals surface area (Å²) in [7, 11) is 0. The lowest BCUT2D eigenvalue weighted by molar-refractivity contribution is 0.544. The van der Waals surface area contributed by atoms with Crippen molar-refractivity contribution < 1.29 is 0 Å². The SMILES string of the molecule is CCC(C)c1cccc(N)c1-c1nc2cc3c(cc2[nH]1)C=C1CC3C1. The van der Waals surface area contributed by atoms with E-state index in [9.17, 15) is 0 Å². The third kappa shape index (κ3) is 2.15. The van der Waals surface area contributed by atoms with Gasteiger partial charge in [0.15, 0.2) is 0 Å². The molecule has 25 heavy (non-hydrogen) atoms. The van der Waals surface area contributed by atoms with Gasteiger partial charge >= 0.3 is 0 Å². The van der Waals surface area contributed by atoms with Gasteiger partial charge in [0.1, 0.15) is 5.82 Å². The molecule has 1 saturated carbocycles. The molecule has 1 fully saturated rings. The van der Waals surface area contributed by atoms with Crippen LogP contribution in [0.1, 0.15) is 61.6 Å². The molecule has 1 unspecified atom stereocenters. The van der Waals surface area contributed by atoms with E-state index in [2.05, 4.69) is 43.1 Å². The molecule has 1 heterocycles. The van der Waals surface area contributed by atoms with Gasteiger partial charge in [0.05, 0.1) is 11.0 Å². The van der Waals surface area contributed by atoms with Crippen molar-refractivity contribution in [1.82, 2.24) is 9.97 Å². The van der Waals surface area contributed by atoms with Crippen LogP contribution in [0.4, 0.5) is 5.69 Å². The number of nitrogens with one attached hydrogen (secondary N) is 1. The van der Waals surface area contributed by atoms with Gasteiger partial charge in [-0.2, -0.15) is 0 Å². The number of aromatic nitrogens is 2. The van der Waals surface area contributed by atoms with Gasteiger partial charge in [-0.3, -0.25) is 0 Å². The molecule has 0 aliphatic heterocycles. The number of benzene rings is 2. The van der Waals surface area contributed by atoms with Gasteiger partial charge in [-0.25, -0.2) is 4.98 Å². The summed E-state index contributed by atoms with van der Waals surface area (Å²) in [6, 6.07) is 10.7. The second kappa shape index (κ2) is 5.22. The first-order valence-electron chi connectivity index (χ1n) is 9.26. The van der Waals surface area contributed by atoms with Gasteiger partial charge in [0, 0.05) is 11.3 Å². The van der Waals surface area contributed by atoms with Crippen molar-refractivity contribution in [1.29, 1.82) is 0 Å². The van der Waals surface area contributed by atoms with Crippen LogP contribution in [0, 0.1) is 0 Å². The molecule has 6 rings (SSSR count). The number of allylic oxidation sites excluding steroid dienone is 1. The molecule has 3 nitrogen and oxygen atoms in total. The highest BCUT2D eigenvalue weighted by atomic mass is 14.9. The maximum atomic E-state index is 6.35. The predicted molar refractivity (Wildman–Crippen MR) is 105 cm³/mol.